The molecule has 0 radical (unpaired) electrons. The molecule has 1 amide bonds. The summed E-state index contributed by atoms with van der Waals surface area (Å²) in [6.07, 6.45) is -0.672. The normalized spacial score (nSPS) is 14.6. The Bertz CT molecular complexity index is 1200. The van der Waals surface area contributed by atoms with E-state index in [4.69, 9.17) is 0 Å². The summed E-state index contributed by atoms with van der Waals surface area (Å²) in [6, 6.07) is 4.88. The van der Waals surface area contributed by atoms with Crippen LogP contribution in [0.25, 0.3) is 11.6 Å². The van der Waals surface area contributed by atoms with Crippen molar-refractivity contribution in [1.29, 1.82) is 0 Å². The Labute approximate surface area is 177 Å². The highest BCUT2D eigenvalue weighted by molar-refractivity contribution is 5.92. The molecule has 1 fully saturated rings. The van der Waals surface area contributed by atoms with Crippen LogP contribution in [-0.2, 0) is 0 Å². The number of aromatic amines is 1. The SMILES string of the molecule is O=C(N[C@@H](c1ccc(OC(F)(F)F)c(F)c1)C1CC1)c1cc(=O)[nH]c(-c2ncccn2)n1. The maximum absolute atomic E-state index is 14.2. The number of H-pyrrole nitrogens is 1. The molecule has 0 unspecified atom stereocenters. The molecule has 2 N–H and O–H groups in total. The van der Waals surface area contributed by atoms with E-state index in [1.807, 2.05) is 0 Å². The van der Waals surface area contributed by atoms with Gasteiger partial charge in [-0.1, -0.05) is 6.07 Å². The molecular weight excluding hydrogens is 434 g/mol. The third kappa shape index (κ3) is 5.07. The fourth-order valence-corrected chi connectivity index (χ4v) is 3.14. The number of alkyl halides is 3. The van der Waals surface area contributed by atoms with Gasteiger partial charge in [0.1, 0.15) is 5.69 Å². The van der Waals surface area contributed by atoms with E-state index in [-0.39, 0.29) is 28.8 Å². The molecule has 8 nitrogen and oxygen atoms in total. The molecule has 0 spiro atoms. The summed E-state index contributed by atoms with van der Waals surface area (Å²) in [7, 11) is 0. The Morgan fingerprint density at radius 2 is 1.91 bits per heavy atom. The Hall–Kier alpha value is -3.83. The average Bonchev–Trinajstić information content (AvgIpc) is 3.58. The highest BCUT2D eigenvalue weighted by Gasteiger charge is 2.36. The van der Waals surface area contributed by atoms with Crippen LogP contribution >= 0.6 is 0 Å². The molecule has 0 saturated heterocycles. The van der Waals surface area contributed by atoms with E-state index >= 15 is 0 Å². The van der Waals surface area contributed by atoms with Crippen molar-refractivity contribution in [1.82, 2.24) is 25.3 Å². The highest BCUT2D eigenvalue weighted by atomic mass is 19.4. The predicted octanol–water partition coefficient (Wildman–Crippen LogP) is 3.15. The minimum absolute atomic E-state index is 0.00841. The van der Waals surface area contributed by atoms with E-state index < -0.39 is 35.4 Å². The van der Waals surface area contributed by atoms with Crippen molar-refractivity contribution in [2.24, 2.45) is 5.92 Å². The molecule has 0 aliphatic heterocycles. The van der Waals surface area contributed by atoms with Crippen LogP contribution in [0.3, 0.4) is 0 Å². The quantitative estimate of drug-likeness (QED) is 0.560. The molecule has 1 saturated carbocycles. The van der Waals surface area contributed by atoms with Gasteiger partial charge in [-0.15, -0.1) is 13.2 Å². The summed E-state index contributed by atoms with van der Waals surface area (Å²) < 4.78 is 54.9. The molecule has 1 aliphatic rings. The van der Waals surface area contributed by atoms with Gasteiger partial charge in [-0.3, -0.25) is 9.59 Å². The summed E-state index contributed by atoms with van der Waals surface area (Å²) in [5.41, 5.74) is -0.543. The fraction of sp³-hybridized carbons (Fsp3) is 0.250. The van der Waals surface area contributed by atoms with Crippen LogP contribution in [0.2, 0.25) is 0 Å². The van der Waals surface area contributed by atoms with Crippen molar-refractivity contribution in [3.8, 4) is 17.4 Å². The number of benzene rings is 1. The number of hydrogen-bond acceptors (Lipinski definition) is 6. The Morgan fingerprint density at radius 3 is 2.53 bits per heavy atom. The lowest BCUT2D eigenvalue weighted by Crippen LogP contribution is -2.32. The number of carbonyl (C=O) groups is 1. The lowest BCUT2D eigenvalue weighted by Gasteiger charge is -2.19. The van der Waals surface area contributed by atoms with Crippen LogP contribution in [0.4, 0.5) is 17.6 Å². The van der Waals surface area contributed by atoms with Gasteiger partial charge < -0.3 is 15.0 Å². The Kier molecular flexibility index (Phi) is 5.59. The zero-order chi connectivity index (χ0) is 22.9. The first-order valence-corrected chi connectivity index (χ1v) is 9.44. The molecule has 1 aliphatic carbocycles. The smallest absolute Gasteiger partial charge is 0.403 e. The van der Waals surface area contributed by atoms with Gasteiger partial charge in [0, 0.05) is 18.5 Å². The second kappa shape index (κ2) is 8.36. The molecule has 32 heavy (non-hydrogen) atoms. The lowest BCUT2D eigenvalue weighted by molar-refractivity contribution is -0.275. The number of carbonyl (C=O) groups excluding carboxylic acids is 1. The van der Waals surface area contributed by atoms with Gasteiger partial charge in [0.05, 0.1) is 6.04 Å². The molecule has 12 heteroatoms. The van der Waals surface area contributed by atoms with E-state index in [1.165, 1.54) is 18.5 Å². The van der Waals surface area contributed by atoms with E-state index in [0.717, 1.165) is 31.0 Å². The van der Waals surface area contributed by atoms with Crippen molar-refractivity contribution < 1.29 is 27.1 Å². The molecule has 1 aromatic carbocycles. The zero-order valence-electron chi connectivity index (χ0n) is 16.2. The summed E-state index contributed by atoms with van der Waals surface area (Å²) >= 11 is 0. The summed E-state index contributed by atoms with van der Waals surface area (Å²) in [5.74, 6) is -2.82. The molecule has 4 rings (SSSR count). The summed E-state index contributed by atoms with van der Waals surface area (Å²) in [6.45, 7) is 0. The van der Waals surface area contributed by atoms with Gasteiger partial charge in [-0.25, -0.2) is 19.3 Å². The fourth-order valence-electron chi connectivity index (χ4n) is 3.14. The number of ether oxygens (including phenoxy) is 1. The van der Waals surface area contributed by atoms with Crippen molar-refractivity contribution in [2.75, 3.05) is 0 Å². The summed E-state index contributed by atoms with van der Waals surface area (Å²) in [5, 5.41) is 2.69. The Morgan fingerprint density at radius 1 is 1.19 bits per heavy atom. The zero-order valence-corrected chi connectivity index (χ0v) is 16.2. The number of rotatable bonds is 6. The minimum Gasteiger partial charge on any atom is -0.403 e. The van der Waals surface area contributed by atoms with Crippen LogP contribution < -0.4 is 15.6 Å². The highest BCUT2D eigenvalue weighted by Crippen LogP contribution is 2.42. The van der Waals surface area contributed by atoms with Crippen molar-refractivity contribution in [3.05, 3.63) is 70.2 Å². The van der Waals surface area contributed by atoms with E-state index in [1.54, 1.807) is 6.07 Å². The van der Waals surface area contributed by atoms with Crippen LogP contribution in [0, 0.1) is 11.7 Å². The maximum Gasteiger partial charge on any atom is 0.573 e. The van der Waals surface area contributed by atoms with Gasteiger partial charge in [0.15, 0.2) is 23.2 Å². The first kappa shape index (κ1) is 21.4. The standard InChI is InChI=1S/C20H15F4N5O3/c21-12-8-11(4-5-14(12)32-20(22,23)24)16(10-2-3-10)29-19(31)13-9-15(30)28-18(27-13)17-25-6-1-7-26-17/h1,4-10,16H,2-3H2,(H,29,31)(H,27,28,30)/t16-/m1/s1. The van der Waals surface area contributed by atoms with Crippen LogP contribution in [-0.4, -0.2) is 32.2 Å². The van der Waals surface area contributed by atoms with E-state index in [0.29, 0.717) is 0 Å². The number of nitrogens with one attached hydrogen (secondary N) is 2. The first-order valence-electron chi connectivity index (χ1n) is 9.44. The minimum atomic E-state index is -5.03. The van der Waals surface area contributed by atoms with Crippen molar-refractivity contribution in [2.45, 2.75) is 25.2 Å². The predicted molar refractivity (Wildman–Crippen MR) is 102 cm³/mol. The van der Waals surface area contributed by atoms with Crippen LogP contribution in [0.1, 0.15) is 34.9 Å². The Balaban J connectivity index is 1.58. The second-order valence-electron chi connectivity index (χ2n) is 7.08. The molecule has 1 atom stereocenters. The second-order valence-corrected chi connectivity index (χ2v) is 7.08. The van der Waals surface area contributed by atoms with Crippen molar-refractivity contribution >= 4 is 5.91 Å². The average molecular weight is 449 g/mol. The third-order valence-corrected chi connectivity index (χ3v) is 4.67. The van der Waals surface area contributed by atoms with Gasteiger partial charge in [0.25, 0.3) is 11.5 Å². The first-order chi connectivity index (χ1) is 15.2. The molecule has 2 heterocycles. The number of hydrogen-bond donors (Lipinski definition) is 2. The topological polar surface area (TPSA) is 110 Å². The number of halogens is 4. The largest absolute Gasteiger partial charge is 0.573 e. The van der Waals surface area contributed by atoms with Gasteiger partial charge in [0.2, 0.25) is 0 Å². The number of nitrogens with zero attached hydrogens (tertiary/aromatic N) is 3. The molecular formula is C20H15F4N5O3. The van der Waals surface area contributed by atoms with E-state index in [2.05, 4.69) is 30.0 Å². The van der Waals surface area contributed by atoms with Crippen molar-refractivity contribution in [3.63, 3.8) is 0 Å². The van der Waals surface area contributed by atoms with Crippen LogP contribution in [0.15, 0.2) is 47.5 Å². The molecule has 166 valence electrons. The summed E-state index contributed by atoms with van der Waals surface area (Å²) in [4.78, 5) is 39.3. The van der Waals surface area contributed by atoms with Gasteiger partial charge in [-0.05, 0) is 42.5 Å². The molecule has 2 aromatic heterocycles. The van der Waals surface area contributed by atoms with E-state index in [9.17, 15) is 27.2 Å². The maximum atomic E-state index is 14.2. The number of amides is 1. The molecule has 0 bridgehead atoms. The number of aromatic nitrogens is 4. The van der Waals surface area contributed by atoms with Crippen LogP contribution in [0.5, 0.6) is 5.75 Å². The van der Waals surface area contributed by atoms with Gasteiger partial charge in [-0.2, -0.15) is 0 Å². The lowest BCUT2D eigenvalue weighted by atomic mass is 10.0. The van der Waals surface area contributed by atoms with Gasteiger partial charge >= 0.3 is 6.36 Å². The third-order valence-electron chi connectivity index (χ3n) is 4.67. The monoisotopic (exact) mass is 449 g/mol. The molecule has 3 aromatic rings.